The number of rotatable bonds is 4. The molecule has 0 aromatic carbocycles. The van der Waals surface area contributed by atoms with E-state index in [1.165, 1.54) is 0 Å². The zero-order valence-electron chi connectivity index (χ0n) is 8.56. The van der Waals surface area contributed by atoms with Crippen LogP contribution in [0.5, 0.6) is 0 Å². The van der Waals surface area contributed by atoms with Crippen molar-refractivity contribution in [2.45, 2.75) is 13.3 Å². The molecule has 84 valence electrons. The van der Waals surface area contributed by atoms with Gasteiger partial charge in [0.1, 0.15) is 0 Å². The number of carbonyl (C=O) groups excluding carboxylic acids is 1. The summed E-state index contributed by atoms with van der Waals surface area (Å²) in [5.74, 6) is -0.788. The summed E-state index contributed by atoms with van der Waals surface area (Å²) in [4.78, 5) is 12.5. The Balaban J connectivity index is 2.54. The molecule has 0 aliphatic carbocycles. The molecule has 0 aliphatic rings. The molecule has 0 unspecified atom stereocenters. The molecule has 0 saturated carbocycles. The van der Waals surface area contributed by atoms with Gasteiger partial charge in [-0.25, -0.2) is 8.42 Å². The number of thiophene rings is 1. The minimum atomic E-state index is -3.44. The monoisotopic (exact) mass is 247 g/mol. The molecule has 1 aromatic rings. The normalized spacial score (nSPS) is 13.5. The maximum absolute atomic E-state index is 11.4. The van der Waals surface area contributed by atoms with E-state index in [1.807, 2.05) is 22.2 Å². The smallest absolute Gasteiger partial charge is 0.236 e. The molecule has 4 nitrogen and oxygen atoms in total. The van der Waals surface area contributed by atoms with Crippen molar-refractivity contribution in [3.8, 4) is 0 Å². The van der Waals surface area contributed by atoms with Crippen LogP contribution in [0.3, 0.4) is 0 Å². The van der Waals surface area contributed by atoms with E-state index < -0.39 is 15.9 Å². The van der Waals surface area contributed by atoms with E-state index in [1.54, 1.807) is 18.3 Å². The first-order chi connectivity index (χ1) is 6.88. The number of amides is 1. The SMILES string of the molecule is C[C@H](Cc1cccs1)C(=O)NS(C)(=O)=O. The van der Waals surface area contributed by atoms with Crippen LogP contribution in [0, 0.1) is 5.92 Å². The van der Waals surface area contributed by atoms with Gasteiger partial charge in [0.05, 0.1) is 6.26 Å². The Morgan fingerprint density at radius 2 is 2.27 bits per heavy atom. The summed E-state index contributed by atoms with van der Waals surface area (Å²) in [6.45, 7) is 1.71. The summed E-state index contributed by atoms with van der Waals surface area (Å²) < 4.78 is 23.6. The van der Waals surface area contributed by atoms with Crippen molar-refractivity contribution in [2.24, 2.45) is 5.92 Å². The largest absolute Gasteiger partial charge is 0.274 e. The zero-order chi connectivity index (χ0) is 11.5. The van der Waals surface area contributed by atoms with E-state index in [2.05, 4.69) is 0 Å². The highest BCUT2D eigenvalue weighted by atomic mass is 32.2. The van der Waals surface area contributed by atoms with Gasteiger partial charge in [-0.3, -0.25) is 9.52 Å². The summed E-state index contributed by atoms with van der Waals surface area (Å²) in [6, 6.07) is 3.83. The molecule has 1 N–H and O–H groups in total. The van der Waals surface area contributed by atoms with Crippen molar-refractivity contribution >= 4 is 27.3 Å². The zero-order valence-corrected chi connectivity index (χ0v) is 10.2. The minimum absolute atomic E-state index is 0.335. The molecule has 1 amide bonds. The fourth-order valence-corrected chi connectivity index (χ4v) is 2.51. The first kappa shape index (κ1) is 12.2. The van der Waals surface area contributed by atoms with Crippen LogP contribution in [0.4, 0.5) is 0 Å². The number of carbonyl (C=O) groups is 1. The van der Waals surface area contributed by atoms with Gasteiger partial charge in [-0.2, -0.15) is 0 Å². The molecule has 0 fully saturated rings. The van der Waals surface area contributed by atoms with Gasteiger partial charge in [0.2, 0.25) is 15.9 Å². The van der Waals surface area contributed by atoms with Gasteiger partial charge in [0, 0.05) is 10.8 Å². The summed E-state index contributed by atoms with van der Waals surface area (Å²) in [5, 5.41) is 1.93. The third-order valence-corrected chi connectivity index (χ3v) is 3.29. The molecule has 15 heavy (non-hydrogen) atoms. The lowest BCUT2D eigenvalue weighted by atomic mass is 10.1. The fourth-order valence-electron chi connectivity index (χ4n) is 1.11. The van der Waals surface area contributed by atoms with Gasteiger partial charge in [-0.05, 0) is 17.9 Å². The van der Waals surface area contributed by atoms with Crippen LogP contribution in [0.1, 0.15) is 11.8 Å². The van der Waals surface area contributed by atoms with E-state index in [0.717, 1.165) is 11.1 Å². The highest BCUT2D eigenvalue weighted by molar-refractivity contribution is 7.89. The summed E-state index contributed by atoms with van der Waals surface area (Å²) in [7, 11) is -3.44. The Hall–Kier alpha value is -0.880. The molecule has 0 bridgehead atoms. The quantitative estimate of drug-likeness (QED) is 0.863. The van der Waals surface area contributed by atoms with Gasteiger partial charge in [-0.15, -0.1) is 11.3 Å². The van der Waals surface area contributed by atoms with E-state index in [-0.39, 0.29) is 5.92 Å². The maximum Gasteiger partial charge on any atom is 0.236 e. The fraction of sp³-hybridized carbons (Fsp3) is 0.444. The number of sulfonamides is 1. The highest BCUT2D eigenvalue weighted by Gasteiger charge is 2.17. The van der Waals surface area contributed by atoms with Gasteiger partial charge in [0.15, 0.2) is 0 Å². The Morgan fingerprint density at radius 1 is 1.60 bits per heavy atom. The van der Waals surface area contributed by atoms with Crippen LogP contribution >= 0.6 is 11.3 Å². The van der Waals surface area contributed by atoms with E-state index in [4.69, 9.17) is 0 Å². The Labute approximate surface area is 93.4 Å². The predicted molar refractivity (Wildman–Crippen MR) is 60.2 cm³/mol. The summed E-state index contributed by atoms with van der Waals surface area (Å²) >= 11 is 1.56. The lowest BCUT2D eigenvalue weighted by molar-refractivity contribution is -0.122. The van der Waals surface area contributed by atoms with Crippen LogP contribution in [-0.2, 0) is 21.2 Å². The summed E-state index contributed by atoms with van der Waals surface area (Å²) in [5.41, 5.74) is 0. The van der Waals surface area contributed by atoms with Crippen molar-refractivity contribution in [1.29, 1.82) is 0 Å². The molecule has 0 spiro atoms. The average molecular weight is 247 g/mol. The number of nitrogens with one attached hydrogen (secondary N) is 1. The van der Waals surface area contributed by atoms with Gasteiger partial charge < -0.3 is 0 Å². The molecular weight excluding hydrogens is 234 g/mol. The minimum Gasteiger partial charge on any atom is -0.274 e. The van der Waals surface area contributed by atoms with Crippen LogP contribution in [0.25, 0.3) is 0 Å². The van der Waals surface area contributed by atoms with Crippen LogP contribution in [0.15, 0.2) is 17.5 Å². The van der Waals surface area contributed by atoms with Crippen molar-refractivity contribution in [3.63, 3.8) is 0 Å². The standard InChI is InChI=1S/C9H13NO3S2/c1-7(6-8-4-3-5-14-8)9(11)10-15(2,12)13/h3-5,7H,6H2,1-2H3,(H,10,11)/t7-/m1/s1. The third-order valence-electron chi connectivity index (χ3n) is 1.82. The Morgan fingerprint density at radius 3 is 2.73 bits per heavy atom. The van der Waals surface area contributed by atoms with Crippen LogP contribution in [0.2, 0.25) is 0 Å². The lowest BCUT2D eigenvalue weighted by Gasteiger charge is -2.09. The second kappa shape index (κ2) is 4.76. The van der Waals surface area contributed by atoms with Gasteiger partial charge >= 0.3 is 0 Å². The average Bonchev–Trinajstić information content (AvgIpc) is 2.53. The predicted octanol–water partition coefficient (Wildman–Crippen LogP) is 1.00. The Bertz CT molecular complexity index is 422. The first-order valence-corrected chi connectivity index (χ1v) is 7.19. The van der Waals surface area contributed by atoms with E-state index >= 15 is 0 Å². The van der Waals surface area contributed by atoms with Crippen molar-refractivity contribution in [3.05, 3.63) is 22.4 Å². The molecule has 1 aromatic heterocycles. The second-order valence-electron chi connectivity index (χ2n) is 3.42. The Kier molecular flexibility index (Phi) is 3.87. The van der Waals surface area contributed by atoms with Crippen molar-refractivity contribution in [2.75, 3.05) is 6.26 Å². The molecule has 0 aliphatic heterocycles. The molecule has 1 heterocycles. The number of hydrogen-bond donors (Lipinski definition) is 1. The third kappa shape index (κ3) is 4.44. The van der Waals surface area contributed by atoms with Crippen molar-refractivity contribution < 1.29 is 13.2 Å². The van der Waals surface area contributed by atoms with Gasteiger partial charge in [0.25, 0.3) is 0 Å². The van der Waals surface area contributed by atoms with Gasteiger partial charge in [-0.1, -0.05) is 13.0 Å². The topological polar surface area (TPSA) is 63.2 Å². The van der Waals surface area contributed by atoms with E-state index in [0.29, 0.717) is 6.42 Å². The van der Waals surface area contributed by atoms with E-state index in [9.17, 15) is 13.2 Å². The van der Waals surface area contributed by atoms with Crippen molar-refractivity contribution in [1.82, 2.24) is 4.72 Å². The molecule has 6 heteroatoms. The van der Waals surface area contributed by atoms with Crippen LogP contribution < -0.4 is 4.72 Å². The number of hydrogen-bond acceptors (Lipinski definition) is 4. The molecule has 0 saturated heterocycles. The second-order valence-corrected chi connectivity index (χ2v) is 6.20. The molecule has 1 rings (SSSR count). The summed E-state index contributed by atoms with van der Waals surface area (Å²) in [6.07, 6.45) is 1.54. The first-order valence-electron chi connectivity index (χ1n) is 4.42. The molecule has 1 atom stereocenters. The van der Waals surface area contributed by atoms with Crippen LogP contribution in [-0.4, -0.2) is 20.6 Å². The lowest BCUT2D eigenvalue weighted by Crippen LogP contribution is -2.34. The highest BCUT2D eigenvalue weighted by Crippen LogP contribution is 2.14. The molecular formula is C9H13NO3S2. The maximum atomic E-state index is 11.4. The molecule has 0 radical (unpaired) electrons.